The van der Waals surface area contributed by atoms with E-state index in [0.717, 1.165) is 0 Å². The number of anilines is 1. The van der Waals surface area contributed by atoms with Crippen molar-refractivity contribution in [1.29, 1.82) is 0 Å². The number of benzene rings is 3. The van der Waals surface area contributed by atoms with Crippen LogP contribution in [0.1, 0.15) is 27.0 Å². The van der Waals surface area contributed by atoms with E-state index in [4.69, 9.17) is 32.7 Å². The summed E-state index contributed by atoms with van der Waals surface area (Å²) in [5.41, 5.74) is 1.18. The topological polar surface area (TPSA) is 79.2 Å². The molecule has 0 saturated heterocycles. The number of carbonyl (C=O) groups excluding carboxylic acids is 1. The van der Waals surface area contributed by atoms with E-state index < -0.39 is 11.6 Å². The predicted octanol–water partition coefficient (Wildman–Crippen LogP) is 5.04. The molecule has 0 fully saturated rings. The van der Waals surface area contributed by atoms with Gasteiger partial charge in [-0.25, -0.2) is 4.79 Å². The Labute approximate surface area is 181 Å². The molecule has 0 radical (unpaired) electrons. The predicted molar refractivity (Wildman–Crippen MR) is 112 cm³/mol. The zero-order chi connectivity index (χ0) is 21.4. The van der Waals surface area contributed by atoms with Crippen LogP contribution in [0.5, 0.6) is 23.0 Å². The molecule has 0 bridgehead atoms. The van der Waals surface area contributed by atoms with Crippen molar-refractivity contribution >= 4 is 34.9 Å². The Kier molecular flexibility index (Phi) is 3.91. The number of rotatable bonds is 1. The molecule has 1 spiro atoms. The highest BCUT2D eigenvalue weighted by molar-refractivity contribution is 6.32. The van der Waals surface area contributed by atoms with Gasteiger partial charge in [0.15, 0.2) is 5.60 Å². The van der Waals surface area contributed by atoms with Crippen molar-refractivity contribution < 1.29 is 24.5 Å². The molecule has 3 aromatic carbocycles. The van der Waals surface area contributed by atoms with E-state index in [0.29, 0.717) is 27.9 Å². The first-order valence-corrected chi connectivity index (χ1v) is 9.77. The molecular formula is C22H15Cl2NO5. The number of halogens is 2. The average molecular weight is 444 g/mol. The Balaban J connectivity index is 1.93. The first kappa shape index (κ1) is 18.9. The van der Waals surface area contributed by atoms with E-state index >= 15 is 0 Å². The minimum atomic E-state index is -1.41. The van der Waals surface area contributed by atoms with E-state index in [-0.39, 0.29) is 33.0 Å². The smallest absolute Gasteiger partial charge is 0.342 e. The number of nitrogens with zero attached hydrogens (tertiary/aromatic N) is 1. The SMILES string of the molecule is CN(C)c1cccc2c1C(=O)OC21c2cc(Cl)c(O)cc2Oc2cc(O)c(Cl)cc21. The van der Waals surface area contributed by atoms with Gasteiger partial charge in [-0.3, -0.25) is 0 Å². The van der Waals surface area contributed by atoms with Gasteiger partial charge in [-0.05, 0) is 18.2 Å². The summed E-state index contributed by atoms with van der Waals surface area (Å²) in [5.74, 6) is -0.372. The molecule has 8 heteroatoms. The number of ether oxygens (including phenoxy) is 2. The lowest BCUT2D eigenvalue weighted by molar-refractivity contribution is 0.0224. The average Bonchev–Trinajstić information content (AvgIpc) is 2.99. The molecule has 2 N–H and O–H groups in total. The van der Waals surface area contributed by atoms with Gasteiger partial charge in [0.1, 0.15) is 23.0 Å². The summed E-state index contributed by atoms with van der Waals surface area (Å²) in [6, 6.07) is 11.2. The Morgan fingerprint density at radius 3 is 2.00 bits per heavy atom. The molecule has 2 aliphatic heterocycles. The lowest BCUT2D eigenvalue weighted by Gasteiger charge is -2.37. The number of fused-ring (bicyclic) bond motifs is 6. The monoisotopic (exact) mass is 443 g/mol. The summed E-state index contributed by atoms with van der Waals surface area (Å²) >= 11 is 12.4. The number of phenols is 2. The first-order valence-electron chi connectivity index (χ1n) is 9.02. The fourth-order valence-electron chi connectivity index (χ4n) is 4.13. The normalized spacial score (nSPS) is 15.1. The van der Waals surface area contributed by atoms with Crippen LogP contribution in [0.3, 0.4) is 0 Å². The Morgan fingerprint density at radius 1 is 0.900 bits per heavy atom. The van der Waals surface area contributed by atoms with Gasteiger partial charge in [0.05, 0.1) is 21.3 Å². The Morgan fingerprint density at radius 2 is 1.47 bits per heavy atom. The van der Waals surface area contributed by atoms with E-state index in [9.17, 15) is 15.0 Å². The highest BCUT2D eigenvalue weighted by atomic mass is 35.5. The summed E-state index contributed by atoms with van der Waals surface area (Å²) in [5, 5.41) is 20.4. The third-order valence-corrected chi connectivity index (χ3v) is 6.04. The molecule has 5 rings (SSSR count). The van der Waals surface area contributed by atoms with E-state index in [1.807, 2.05) is 31.1 Å². The molecule has 0 amide bonds. The number of hydrogen-bond acceptors (Lipinski definition) is 6. The minimum Gasteiger partial charge on any atom is -0.506 e. The van der Waals surface area contributed by atoms with Gasteiger partial charge in [0, 0.05) is 42.9 Å². The van der Waals surface area contributed by atoms with Gasteiger partial charge in [-0.15, -0.1) is 0 Å². The van der Waals surface area contributed by atoms with Crippen LogP contribution >= 0.6 is 23.2 Å². The largest absolute Gasteiger partial charge is 0.506 e. The number of esters is 1. The third kappa shape index (κ3) is 2.35. The second kappa shape index (κ2) is 6.20. The molecule has 152 valence electrons. The molecule has 2 aliphatic rings. The van der Waals surface area contributed by atoms with Crippen LogP contribution in [0.2, 0.25) is 10.0 Å². The molecule has 3 aromatic rings. The summed E-state index contributed by atoms with van der Waals surface area (Å²) in [6.07, 6.45) is 0. The number of hydrogen-bond donors (Lipinski definition) is 2. The molecule has 30 heavy (non-hydrogen) atoms. The van der Waals surface area contributed by atoms with Crippen LogP contribution < -0.4 is 9.64 Å². The van der Waals surface area contributed by atoms with Crippen LogP contribution in [0, 0.1) is 0 Å². The van der Waals surface area contributed by atoms with Crippen molar-refractivity contribution in [2.24, 2.45) is 0 Å². The maximum absolute atomic E-state index is 13.1. The molecule has 0 aliphatic carbocycles. The van der Waals surface area contributed by atoms with Crippen molar-refractivity contribution in [3.63, 3.8) is 0 Å². The Hall–Kier alpha value is -3.09. The van der Waals surface area contributed by atoms with Crippen molar-refractivity contribution in [3.05, 3.63) is 74.8 Å². The zero-order valence-corrected chi connectivity index (χ0v) is 17.4. The highest BCUT2D eigenvalue weighted by Gasteiger charge is 2.55. The number of carbonyl (C=O) groups is 1. The quantitative estimate of drug-likeness (QED) is 0.512. The molecule has 6 nitrogen and oxygen atoms in total. The maximum Gasteiger partial charge on any atom is 0.342 e. The lowest BCUT2D eigenvalue weighted by Crippen LogP contribution is -2.33. The molecule has 2 heterocycles. The molecule has 0 aromatic heterocycles. The maximum atomic E-state index is 13.1. The van der Waals surface area contributed by atoms with Crippen LogP contribution in [0.4, 0.5) is 5.69 Å². The first-order chi connectivity index (χ1) is 14.2. The van der Waals surface area contributed by atoms with Crippen molar-refractivity contribution in [2.45, 2.75) is 5.60 Å². The van der Waals surface area contributed by atoms with E-state index in [1.165, 1.54) is 24.3 Å². The molecular weight excluding hydrogens is 429 g/mol. The van der Waals surface area contributed by atoms with E-state index in [2.05, 4.69) is 0 Å². The standard InChI is InChI=1S/C22H15Cl2NO5/c1-25(2)15-5-3-4-10-20(15)21(28)30-22(10)11-6-13(23)16(26)8-18(11)29-19-9-17(27)14(24)7-12(19)22/h3-9,26-27H,1-2H3. The van der Waals surface area contributed by atoms with Crippen LogP contribution in [0.15, 0.2) is 42.5 Å². The van der Waals surface area contributed by atoms with Crippen molar-refractivity contribution in [3.8, 4) is 23.0 Å². The van der Waals surface area contributed by atoms with Crippen LogP contribution in [-0.4, -0.2) is 30.3 Å². The summed E-state index contributed by atoms with van der Waals surface area (Å²) in [7, 11) is 3.67. The van der Waals surface area contributed by atoms with Crippen molar-refractivity contribution in [1.82, 2.24) is 0 Å². The number of phenolic OH excluding ortho intramolecular Hbond substituents is 2. The van der Waals surface area contributed by atoms with Gasteiger partial charge < -0.3 is 24.6 Å². The summed E-state index contributed by atoms with van der Waals surface area (Å²) in [6.45, 7) is 0. The fraction of sp³-hybridized carbons (Fsp3) is 0.136. The van der Waals surface area contributed by atoms with Crippen LogP contribution in [-0.2, 0) is 10.3 Å². The van der Waals surface area contributed by atoms with Gasteiger partial charge in [-0.2, -0.15) is 0 Å². The second-order valence-electron chi connectivity index (χ2n) is 7.37. The second-order valence-corrected chi connectivity index (χ2v) is 8.18. The summed E-state index contributed by atoms with van der Waals surface area (Å²) < 4.78 is 12.0. The molecule has 0 saturated carbocycles. The zero-order valence-electron chi connectivity index (χ0n) is 15.9. The highest BCUT2D eigenvalue weighted by Crippen LogP contribution is 2.59. The van der Waals surface area contributed by atoms with Crippen molar-refractivity contribution in [2.75, 3.05) is 19.0 Å². The van der Waals surface area contributed by atoms with Gasteiger partial charge in [-0.1, -0.05) is 35.3 Å². The third-order valence-electron chi connectivity index (χ3n) is 5.43. The Bertz CT molecular complexity index is 1200. The van der Waals surface area contributed by atoms with E-state index in [1.54, 1.807) is 6.07 Å². The van der Waals surface area contributed by atoms with Gasteiger partial charge in [0.2, 0.25) is 0 Å². The summed E-state index contributed by atoms with van der Waals surface area (Å²) in [4.78, 5) is 15.0. The van der Waals surface area contributed by atoms with Crippen LogP contribution in [0.25, 0.3) is 0 Å². The molecule has 0 atom stereocenters. The minimum absolute atomic E-state index is 0.0818. The van der Waals surface area contributed by atoms with Gasteiger partial charge in [0.25, 0.3) is 0 Å². The number of aromatic hydroxyl groups is 2. The van der Waals surface area contributed by atoms with Gasteiger partial charge >= 0.3 is 5.97 Å². The lowest BCUT2D eigenvalue weighted by atomic mass is 9.77. The fourth-order valence-corrected chi connectivity index (χ4v) is 4.46. The molecule has 0 unspecified atom stereocenters.